The molecule has 0 radical (unpaired) electrons. The second kappa shape index (κ2) is 13.9. The van der Waals surface area contributed by atoms with Crippen LogP contribution in [0, 0.1) is 0 Å². The maximum atomic E-state index is 13.8. The van der Waals surface area contributed by atoms with Gasteiger partial charge < -0.3 is 20.4 Å². The van der Waals surface area contributed by atoms with Crippen LogP contribution in [0.25, 0.3) is 10.8 Å². The Bertz CT molecular complexity index is 1280. The number of rotatable bonds is 10. The summed E-state index contributed by atoms with van der Waals surface area (Å²) in [6.07, 6.45) is 6.40. The average Bonchev–Trinajstić information content (AvgIpc) is 3.47. The Morgan fingerprint density at radius 1 is 1.10 bits per heavy atom. The van der Waals surface area contributed by atoms with Crippen LogP contribution in [0.4, 0.5) is 0 Å². The highest BCUT2D eigenvalue weighted by molar-refractivity contribution is 7.08. The third-order valence-corrected chi connectivity index (χ3v) is 9.44. The quantitative estimate of drug-likeness (QED) is 0.313. The SMILES string of the molecule is CC[C@H](CN1CC[C@@H](CNC(=O)c2ccc3cc(Cl)ccc3c2)N[C@@H](CCN2CCCCC2)C1=O)c1ccsc1. The number of nitrogens with one attached hydrogen (secondary N) is 2. The van der Waals surface area contributed by atoms with E-state index >= 15 is 0 Å². The first-order valence-corrected chi connectivity index (χ1v) is 16.1. The Kier molecular flexibility index (Phi) is 10.1. The van der Waals surface area contributed by atoms with Crippen molar-refractivity contribution in [3.05, 3.63) is 69.4 Å². The van der Waals surface area contributed by atoms with Crippen molar-refractivity contribution >= 4 is 45.5 Å². The summed E-state index contributed by atoms with van der Waals surface area (Å²) in [6, 6.07) is 13.4. The van der Waals surface area contributed by atoms with E-state index in [1.807, 2.05) is 36.4 Å². The number of fused-ring (bicyclic) bond motifs is 1. The van der Waals surface area contributed by atoms with Crippen molar-refractivity contribution in [3.8, 4) is 0 Å². The Morgan fingerprint density at radius 3 is 2.67 bits per heavy atom. The van der Waals surface area contributed by atoms with E-state index in [1.54, 1.807) is 11.3 Å². The highest BCUT2D eigenvalue weighted by Crippen LogP contribution is 2.25. The summed E-state index contributed by atoms with van der Waals surface area (Å²) in [5.41, 5.74) is 1.95. The number of nitrogens with zero attached hydrogens (tertiary/aromatic N) is 2. The minimum atomic E-state index is -0.239. The normalized spacial score (nSPS) is 21.4. The van der Waals surface area contributed by atoms with Gasteiger partial charge in [-0.15, -0.1) is 0 Å². The second-order valence-corrected chi connectivity index (χ2v) is 12.5. The zero-order valence-electron chi connectivity index (χ0n) is 23.4. The molecule has 2 aliphatic rings. The molecule has 5 rings (SSSR count). The largest absolute Gasteiger partial charge is 0.350 e. The minimum absolute atomic E-state index is 0.0322. The summed E-state index contributed by atoms with van der Waals surface area (Å²) in [7, 11) is 0. The number of benzene rings is 2. The molecular weight excluding hydrogens is 540 g/mol. The summed E-state index contributed by atoms with van der Waals surface area (Å²) in [6.45, 7) is 7.31. The number of carbonyl (C=O) groups is 2. The number of hydrogen-bond acceptors (Lipinski definition) is 5. The molecule has 3 aromatic rings. The maximum Gasteiger partial charge on any atom is 0.251 e. The Labute approximate surface area is 247 Å². The van der Waals surface area contributed by atoms with Crippen LogP contribution < -0.4 is 10.6 Å². The Morgan fingerprint density at radius 2 is 1.90 bits per heavy atom. The van der Waals surface area contributed by atoms with Gasteiger partial charge in [-0.25, -0.2) is 0 Å². The van der Waals surface area contributed by atoms with Gasteiger partial charge in [0.05, 0.1) is 6.04 Å². The van der Waals surface area contributed by atoms with Gasteiger partial charge in [-0.1, -0.05) is 37.1 Å². The van der Waals surface area contributed by atoms with Crippen LogP contribution in [0.1, 0.15) is 67.3 Å². The molecule has 0 unspecified atom stereocenters. The fraction of sp³-hybridized carbons (Fsp3) is 0.500. The smallest absolute Gasteiger partial charge is 0.251 e. The lowest BCUT2D eigenvalue weighted by molar-refractivity contribution is -0.133. The zero-order valence-corrected chi connectivity index (χ0v) is 25.0. The Balaban J connectivity index is 1.25. The van der Waals surface area contributed by atoms with Crippen molar-refractivity contribution in [1.29, 1.82) is 0 Å². The van der Waals surface area contributed by atoms with E-state index < -0.39 is 0 Å². The molecule has 6 nitrogen and oxygen atoms in total. The third-order valence-electron chi connectivity index (χ3n) is 8.50. The van der Waals surface area contributed by atoms with Gasteiger partial charge in [0.25, 0.3) is 5.91 Å². The van der Waals surface area contributed by atoms with Gasteiger partial charge in [-0.3, -0.25) is 9.59 Å². The van der Waals surface area contributed by atoms with Gasteiger partial charge in [0, 0.05) is 48.7 Å². The summed E-state index contributed by atoms with van der Waals surface area (Å²) in [5.74, 6) is 0.448. The standard InChI is InChI=1S/C32H41ClN4O2S/c1-2-23(27-12-17-40-22-27)21-37-16-10-29(35-30(32(37)39)11-15-36-13-4-3-5-14-36)20-34-31(38)26-7-6-25-19-28(33)9-8-24(25)18-26/h6-9,12,17-19,22-23,29-30,35H,2-5,10-11,13-16,20-21H2,1H3,(H,34,38)/t23-,29+,30+/m1/s1. The van der Waals surface area contributed by atoms with E-state index in [-0.39, 0.29) is 23.9 Å². The van der Waals surface area contributed by atoms with Crippen LogP contribution in [-0.2, 0) is 4.79 Å². The maximum absolute atomic E-state index is 13.8. The number of likely N-dealkylation sites (tertiary alicyclic amines) is 1. The molecule has 40 heavy (non-hydrogen) atoms. The second-order valence-electron chi connectivity index (χ2n) is 11.3. The van der Waals surface area contributed by atoms with E-state index in [0.29, 0.717) is 29.6 Å². The van der Waals surface area contributed by atoms with Crippen molar-refractivity contribution < 1.29 is 9.59 Å². The number of piperidine rings is 1. The van der Waals surface area contributed by atoms with Crippen molar-refractivity contribution in [2.24, 2.45) is 0 Å². The zero-order chi connectivity index (χ0) is 27.9. The van der Waals surface area contributed by atoms with E-state index in [4.69, 9.17) is 11.6 Å². The molecule has 8 heteroatoms. The lowest BCUT2D eigenvalue weighted by Crippen LogP contribution is -2.50. The molecule has 3 heterocycles. The molecule has 2 amide bonds. The topological polar surface area (TPSA) is 64.7 Å². The first kappa shape index (κ1) is 29.1. The molecule has 0 saturated carbocycles. The molecular formula is C32H41ClN4O2S. The molecule has 0 aliphatic carbocycles. The molecule has 2 fully saturated rings. The highest BCUT2D eigenvalue weighted by atomic mass is 35.5. The van der Waals surface area contributed by atoms with E-state index in [2.05, 4.69) is 44.2 Å². The lowest BCUT2D eigenvalue weighted by atomic mass is 9.98. The lowest BCUT2D eigenvalue weighted by Gasteiger charge is -2.31. The molecule has 1 aromatic heterocycles. The molecule has 2 aliphatic heterocycles. The number of carbonyl (C=O) groups excluding carboxylic acids is 2. The third kappa shape index (κ3) is 7.43. The summed E-state index contributed by atoms with van der Waals surface area (Å²) in [5, 5.41) is 13.8. The summed E-state index contributed by atoms with van der Waals surface area (Å²) >= 11 is 7.83. The number of halogens is 1. The van der Waals surface area contributed by atoms with E-state index in [1.165, 1.54) is 24.8 Å². The predicted molar refractivity (Wildman–Crippen MR) is 165 cm³/mol. The molecule has 0 spiro atoms. The summed E-state index contributed by atoms with van der Waals surface area (Å²) < 4.78 is 0. The number of thiophene rings is 1. The van der Waals surface area contributed by atoms with Gasteiger partial charge >= 0.3 is 0 Å². The van der Waals surface area contributed by atoms with Gasteiger partial charge in [-0.2, -0.15) is 11.3 Å². The van der Waals surface area contributed by atoms with Crippen LogP contribution >= 0.6 is 22.9 Å². The monoisotopic (exact) mass is 580 g/mol. The molecule has 2 aromatic carbocycles. The first-order valence-electron chi connectivity index (χ1n) is 14.8. The van der Waals surface area contributed by atoms with Crippen molar-refractivity contribution in [2.75, 3.05) is 39.3 Å². The van der Waals surface area contributed by atoms with Crippen LogP contribution in [-0.4, -0.2) is 73.0 Å². The van der Waals surface area contributed by atoms with Crippen molar-refractivity contribution in [2.45, 2.75) is 63.5 Å². The molecule has 214 valence electrons. The Hall–Kier alpha value is -2.45. The van der Waals surface area contributed by atoms with Crippen LogP contribution in [0.2, 0.25) is 5.02 Å². The van der Waals surface area contributed by atoms with Crippen LogP contribution in [0.3, 0.4) is 0 Å². The molecule has 0 bridgehead atoms. The number of hydrogen-bond donors (Lipinski definition) is 2. The van der Waals surface area contributed by atoms with E-state index in [0.717, 1.165) is 56.2 Å². The van der Waals surface area contributed by atoms with Gasteiger partial charge in [0.1, 0.15) is 0 Å². The first-order chi connectivity index (χ1) is 19.5. The van der Waals surface area contributed by atoms with Gasteiger partial charge in [0.15, 0.2) is 0 Å². The van der Waals surface area contributed by atoms with E-state index in [9.17, 15) is 9.59 Å². The van der Waals surface area contributed by atoms with Gasteiger partial charge in [0.2, 0.25) is 5.91 Å². The average molecular weight is 581 g/mol. The fourth-order valence-corrected chi connectivity index (χ4v) is 6.97. The number of amides is 2. The fourth-order valence-electron chi connectivity index (χ4n) is 6.04. The molecule has 2 N–H and O–H groups in total. The molecule has 2 saturated heterocycles. The highest BCUT2D eigenvalue weighted by Gasteiger charge is 2.32. The predicted octanol–water partition coefficient (Wildman–Crippen LogP) is 5.91. The minimum Gasteiger partial charge on any atom is -0.350 e. The van der Waals surface area contributed by atoms with Crippen LogP contribution in [0.5, 0.6) is 0 Å². The van der Waals surface area contributed by atoms with Crippen LogP contribution in [0.15, 0.2) is 53.2 Å². The van der Waals surface area contributed by atoms with Crippen molar-refractivity contribution in [1.82, 2.24) is 20.4 Å². The molecule has 3 atom stereocenters. The van der Waals surface area contributed by atoms with Gasteiger partial charge in [-0.05, 0) is 103 Å². The summed E-state index contributed by atoms with van der Waals surface area (Å²) in [4.78, 5) is 31.5. The van der Waals surface area contributed by atoms with Crippen molar-refractivity contribution in [3.63, 3.8) is 0 Å².